The second kappa shape index (κ2) is 11.4. The Morgan fingerprint density at radius 1 is 1.19 bits per heavy atom. The average Bonchev–Trinajstić information content (AvgIpc) is 3.32. The van der Waals surface area contributed by atoms with E-state index in [0.717, 1.165) is 11.6 Å². The smallest absolute Gasteiger partial charge is 0.420 e. The highest BCUT2D eigenvalue weighted by Crippen LogP contribution is 2.35. The summed E-state index contributed by atoms with van der Waals surface area (Å²) in [4.78, 5) is 23.9. The maximum absolute atomic E-state index is 12.7. The van der Waals surface area contributed by atoms with Gasteiger partial charge in [-0.3, -0.25) is 14.9 Å². The van der Waals surface area contributed by atoms with Gasteiger partial charge in [-0.25, -0.2) is 0 Å². The third kappa shape index (κ3) is 7.13. The number of nitro groups is 1. The van der Waals surface area contributed by atoms with Crippen molar-refractivity contribution >= 4 is 50.5 Å². The van der Waals surface area contributed by atoms with E-state index in [-0.39, 0.29) is 41.0 Å². The molecule has 0 radical (unpaired) electrons. The van der Waals surface area contributed by atoms with Gasteiger partial charge < -0.3 is 24.8 Å². The van der Waals surface area contributed by atoms with Crippen LogP contribution in [0.15, 0.2) is 71.2 Å². The molecule has 1 heterocycles. The molecule has 2 N–H and O–H groups in total. The summed E-state index contributed by atoms with van der Waals surface area (Å²) in [5.41, 5.74) is -2.90. The number of benzene rings is 3. The van der Waals surface area contributed by atoms with Crippen LogP contribution in [0.25, 0.3) is 0 Å². The van der Waals surface area contributed by atoms with Crippen LogP contribution in [-0.4, -0.2) is 35.7 Å². The van der Waals surface area contributed by atoms with E-state index in [9.17, 15) is 23.7 Å². The number of rotatable bonds is 9. The Balaban J connectivity index is 1.42. The standard InChI is InChI=1S/C24H19BrClF2N3O6/c25-19-10-15(22(32)30-16-6-8-17(9-7-16)37-24(26,27)28)11-20(31(33)34)21(19)29-12-18-13-35-23(36-18)14-4-2-1-3-5-14/h1-11,18,23,29H,12-13H2,(H,30,32)/t18-,23?/m0/s1. The number of alkyl halides is 3. The van der Waals surface area contributed by atoms with E-state index in [1.165, 1.54) is 30.3 Å². The number of hydrogen-bond acceptors (Lipinski definition) is 7. The largest absolute Gasteiger partial charge is 0.487 e. The predicted molar refractivity (Wildman–Crippen MR) is 135 cm³/mol. The molecule has 1 aliphatic rings. The second-order valence-corrected chi connectivity index (χ2v) is 9.14. The Bertz CT molecular complexity index is 1280. The summed E-state index contributed by atoms with van der Waals surface area (Å²) in [5, 5.41) is 17.3. The number of nitrogens with zero attached hydrogens (tertiary/aromatic N) is 1. The molecule has 3 aromatic carbocycles. The van der Waals surface area contributed by atoms with Crippen molar-refractivity contribution in [3.63, 3.8) is 0 Å². The van der Waals surface area contributed by atoms with Gasteiger partial charge in [-0.05, 0) is 46.3 Å². The van der Waals surface area contributed by atoms with Gasteiger partial charge in [0.25, 0.3) is 11.6 Å². The number of amides is 1. The van der Waals surface area contributed by atoms with Gasteiger partial charge in [0.2, 0.25) is 0 Å². The SMILES string of the molecule is O=C(Nc1ccc(OC(F)(F)Cl)cc1)c1cc(Br)c(NC[C@H]2COC(c3ccccc3)O2)c([N+](=O)[O-])c1. The van der Waals surface area contributed by atoms with Crippen molar-refractivity contribution in [3.05, 3.63) is 92.4 Å². The number of carbonyl (C=O) groups is 1. The molecule has 13 heteroatoms. The van der Waals surface area contributed by atoms with Crippen molar-refractivity contribution in [3.8, 4) is 5.75 Å². The summed E-state index contributed by atoms with van der Waals surface area (Å²) in [5.74, 6) is -0.858. The first kappa shape index (κ1) is 26.7. The lowest BCUT2D eigenvalue weighted by Crippen LogP contribution is -2.22. The molecular weight excluding hydrogens is 580 g/mol. The lowest BCUT2D eigenvalue weighted by molar-refractivity contribution is -0.384. The van der Waals surface area contributed by atoms with E-state index in [1.807, 2.05) is 30.3 Å². The Labute approximate surface area is 222 Å². The number of nitro benzene ring substituents is 1. The van der Waals surface area contributed by atoms with Crippen LogP contribution in [0.3, 0.4) is 0 Å². The second-order valence-electron chi connectivity index (χ2n) is 7.85. The molecule has 4 rings (SSSR count). The summed E-state index contributed by atoms with van der Waals surface area (Å²) < 4.78 is 41.5. The zero-order valence-corrected chi connectivity index (χ0v) is 21.2. The monoisotopic (exact) mass is 597 g/mol. The molecule has 0 saturated carbocycles. The Hall–Kier alpha value is -3.32. The van der Waals surface area contributed by atoms with E-state index in [0.29, 0.717) is 11.1 Å². The highest BCUT2D eigenvalue weighted by molar-refractivity contribution is 9.10. The molecule has 1 fully saturated rings. The van der Waals surface area contributed by atoms with Crippen molar-refractivity contribution < 1.29 is 32.7 Å². The van der Waals surface area contributed by atoms with Crippen LogP contribution in [-0.2, 0) is 9.47 Å². The van der Waals surface area contributed by atoms with Crippen LogP contribution in [0.1, 0.15) is 22.2 Å². The normalized spacial score (nSPS) is 17.3. The predicted octanol–water partition coefficient (Wildman–Crippen LogP) is 6.30. The minimum Gasteiger partial charge on any atom is -0.420 e. The van der Waals surface area contributed by atoms with Crippen molar-refractivity contribution in [1.29, 1.82) is 0 Å². The highest BCUT2D eigenvalue weighted by Gasteiger charge is 2.29. The van der Waals surface area contributed by atoms with Crippen LogP contribution >= 0.6 is 27.5 Å². The fourth-order valence-electron chi connectivity index (χ4n) is 3.54. The van der Waals surface area contributed by atoms with Crippen molar-refractivity contribution in [2.45, 2.75) is 18.0 Å². The molecule has 0 aliphatic carbocycles. The van der Waals surface area contributed by atoms with Crippen LogP contribution < -0.4 is 15.4 Å². The molecule has 1 aliphatic heterocycles. The third-order valence-electron chi connectivity index (χ3n) is 5.20. The van der Waals surface area contributed by atoms with Crippen LogP contribution in [0.2, 0.25) is 0 Å². The molecule has 37 heavy (non-hydrogen) atoms. The third-order valence-corrected chi connectivity index (χ3v) is 5.90. The summed E-state index contributed by atoms with van der Waals surface area (Å²) in [7, 11) is 0. The number of carbonyl (C=O) groups excluding carboxylic acids is 1. The first-order chi connectivity index (χ1) is 17.6. The Morgan fingerprint density at radius 2 is 1.89 bits per heavy atom. The maximum atomic E-state index is 12.7. The van der Waals surface area contributed by atoms with Gasteiger partial charge in [-0.2, -0.15) is 0 Å². The van der Waals surface area contributed by atoms with Crippen LogP contribution in [0, 0.1) is 10.1 Å². The fourth-order valence-corrected chi connectivity index (χ4v) is 4.22. The molecule has 1 saturated heterocycles. The summed E-state index contributed by atoms with van der Waals surface area (Å²) >= 11 is 8.02. The number of anilines is 2. The molecule has 194 valence electrons. The van der Waals surface area contributed by atoms with E-state index >= 15 is 0 Å². The molecule has 9 nitrogen and oxygen atoms in total. The van der Waals surface area contributed by atoms with Crippen molar-refractivity contribution in [1.82, 2.24) is 0 Å². The Kier molecular flexibility index (Phi) is 8.22. The maximum Gasteiger partial charge on any atom is 0.487 e. The van der Waals surface area contributed by atoms with Gasteiger partial charge in [-0.15, -0.1) is 8.78 Å². The van der Waals surface area contributed by atoms with Crippen molar-refractivity contribution in [2.75, 3.05) is 23.8 Å². The van der Waals surface area contributed by atoms with Gasteiger partial charge in [-0.1, -0.05) is 30.3 Å². The van der Waals surface area contributed by atoms with Crippen LogP contribution in [0.5, 0.6) is 5.75 Å². The van der Waals surface area contributed by atoms with Gasteiger partial charge >= 0.3 is 5.57 Å². The molecule has 1 amide bonds. The summed E-state index contributed by atoms with van der Waals surface area (Å²) in [6.45, 7) is 0.523. The minimum atomic E-state index is -3.87. The topological polar surface area (TPSA) is 112 Å². The first-order valence-electron chi connectivity index (χ1n) is 10.8. The van der Waals surface area contributed by atoms with Crippen molar-refractivity contribution in [2.24, 2.45) is 0 Å². The number of nitrogens with one attached hydrogen (secondary N) is 2. The number of halogens is 4. The summed E-state index contributed by atoms with van der Waals surface area (Å²) in [6.07, 6.45) is -0.880. The highest BCUT2D eigenvalue weighted by atomic mass is 79.9. The van der Waals surface area contributed by atoms with Gasteiger partial charge in [0.05, 0.1) is 11.5 Å². The van der Waals surface area contributed by atoms with Gasteiger partial charge in [0, 0.05) is 45.5 Å². The molecule has 3 aromatic rings. The summed E-state index contributed by atoms with van der Waals surface area (Å²) in [6, 6.07) is 17.0. The molecule has 2 atom stereocenters. The lowest BCUT2D eigenvalue weighted by Gasteiger charge is -2.15. The number of ether oxygens (including phenoxy) is 3. The average molecular weight is 599 g/mol. The zero-order chi connectivity index (χ0) is 26.6. The molecule has 0 bridgehead atoms. The number of hydrogen-bond donors (Lipinski definition) is 2. The molecule has 0 spiro atoms. The first-order valence-corrected chi connectivity index (χ1v) is 12.0. The zero-order valence-electron chi connectivity index (χ0n) is 18.8. The van der Waals surface area contributed by atoms with E-state index < -0.39 is 22.7 Å². The van der Waals surface area contributed by atoms with E-state index in [4.69, 9.17) is 21.1 Å². The van der Waals surface area contributed by atoms with E-state index in [1.54, 1.807) is 0 Å². The van der Waals surface area contributed by atoms with Gasteiger partial charge in [0.1, 0.15) is 17.5 Å². The molecule has 1 unspecified atom stereocenters. The quantitative estimate of drug-likeness (QED) is 0.169. The Morgan fingerprint density at radius 3 is 2.54 bits per heavy atom. The fraction of sp³-hybridized carbons (Fsp3) is 0.208. The van der Waals surface area contributed by atoms with Gasteiger partial charge in [0.15, 0.2) is 6.29 Å². The minimum absolute atomic E-state index is 0.00124. The molecule has 0 aromatic heterocycles. The lowest BCUT2D eigenvalue weighted by atomic mass is 10.1. The van der Waals surface area contributed by atoms with E-state index in [2.05, 4.69) is 31.3 Å². The van der Waals surface area contributed by atoms with Crippen LogP contribution in [0.4, 0.5) is 25.8 Å². The molecular formula is C24H19BrClF2N3O6.